The first-order valence-corrected chi connectivity index (χ1v) is 23.4. The standard InChI is InChI=1S/C54H63N3/c1-3-17-37(18-4-1)51-55-52(40-32-33-45-39(34-40)31-30-36-16-7-8-23-43(36)45)57-53(56-51)48-27-10-9-24-44(48)38-19-15-22-42(35-38)54(41-20-5-2-6-21-41)49-28-13-11-25-46(49)47-26-12-14-29-50(47)54/h1,3,7-9,11,16,23-26,29-30,32-35,37-39,41,46,49,51,53,56H,2,4-6,10,12-15,17-22,27-28,31H2,(H,55,57). The maximum absolute atomic E-state index is 5.69. The van der Waals surface area contributed by atoms with E-state index in [9.17, 15) is 0 Å². The van der Waals surface area contributed by atoms with Crippen LogP contribution in [0.25, 0.3) is 11.6 Å². The van der Waals surface area contributed by atoms with Gasteiger partial charge in [-0.1, -0.05) is 128 Å². The zero-order chi connectivity index (χ0) is 37.8. The molecule has 8 atom stereocenters. The van der Waals surface area contributed by atoms with Crippen molar-refractivity contribution in [3.8, 4) is 0 Å². The summed E-state index contributed by atoms with van der Waals surface area (Å²) in [6.07, 6.45) is 56.0. The molecular formula is C54H63N3. The highest BCUT2D eigenvalue weighted by Crippen LogP contribution is 2.68. The summed E-state index contributed by atoms with van der Waals surface area (Å²) in [5.41, 5.74) is 11.4. The maximum Gasteiger partial charge on any atom is 0.131 e. The molecule has 1 aromatic carbocycles. The minimum Gasteiger partial charge on any atom is -0.354 e. The van der Waals surface area contributed by atoms with E-state index in [0.29, 0.717) is 23.7 Å². The molecule has 0 amide bonds. The van der Waals surface area contributed by atoms with Crippen LogP contribution >= 0.6 is 0 Å². The molecule has 0 saturated heterocycles. The van der Waals surface area contributed by atoms with Crippen LogP contribution in [0.1, 0.15) is 116 Å². The third-order valence-electron chi connectivity index (χ3n) is 16.2. The lowest BCUT2D eigenvalue weighted by Gasteiger charge is -2.50. The molecule has 0 aromatic heterocycles. The molecule has 3 heteroatoms. The number of rotatable bonds is 6. The van der Waals surface area contributed by atoms with Gasteiger partial charge in [0.25, 0.3) is 0 Å². The monoisotopic (exact) mass is 754 g/mol. The van der Waals surface area contributed by atoms with Crippen LogP contribution in [0.15, 0.2) is 136 Å². The number of allylic oxidation sites excluding steroid dienone is 15. The van der Waals surface area contributed by atoms with Gasteiger partial charge in [-0.3, -0.25) is 5.32 Å². The Morgan fingerprint density at radius 1 is 0.684 bits per heavy atom. The van der Waals surface area contributed by atoms with Crippen molar-refractivity contribution in [1.29, 1.82) is 0 Å². The average Bonchev–Trinajstić information content (AvgIpc) is 3.60. The molecule has 0 radical (unpaired) electrons. The predicted octanol–water partition coefficient (Wildman–Crippen LogP) is 10.9. The van der Waals surface area contributed by atoms with E-state index in [1.165, 1.54) is 111 Å². The zero-order valence-electron chi connectivity index (χ0n) is 34.1. The number of hydrogen-bond acceptors (Lipinski definition) is 3. The van der Waals surface area contributed by atoms with Gasteiger partial charge in [0.05, 0.1) is 6.17 Å². The van der Waals surface area contributed by atoms with E-state index < -0.39 is 0 Å². The van der Waals surface area contributed by atoms with Crippen molar-refractivity contribution in [2.75, 3.05) is 0 Å². The molecule has 2 saturated carbocycles. The minimum absolute atomic E-state index is 0.00330. The molecule has 294 valence electrons. The Morgan fingerprint density at radius 2 is 1.60 bits per heavy atom. The fourth-order valence-corrected chi connectivity index (χ4v) is 13.7. The summed E-state index contributed by atoms with van der Waals surface area (Å²) in [5, 5.41) is 10.9. The summed E-state index contributed by atoms with van der Waals surface area (Å²) >= 11 is 0. The summed E-state index contributed by atoms with van der Waals surface area (Å²) in [5.74, 6) is 4.65. The molecule has 3 nitrogen and oxygen atoms in total. The molecule has 0 bridgehead atoms. The summed E-state index contributed by atoms with van der Waals surface area (Å²) in [7, 11) is 0. The molecule has 11 rings (SSSR count). The topological polar surface area (TPSA) is 36.4 Å². The first-order chi connectivity index (χ1) is 28.3. The van der Waals surface area contributed by atoms with Gasteiger partial charge >= 0.3 is 0 Å². The van der Waals surface area contributed by atoms with Gasteiger partial charge in [0.15, 0.2) is 0 Å². The van der Waals surface area contributed by atoms with Gasteiger partial charge in [0, 0.05) is 28.7 Å². The predicted molar refractivity (Wildman–Crippen MR) is 237 cm³/mol. The Hall–Kier alpha value is -3.95. The highest BCUT2D eigenvalue weighted by atomic mass is 15.3. The number of aliphatic imine (C=N–C) groups is 1. The summed E-state index contributed by atoms with van der Waals surface area (Å²) in [4.78, 5) is 5.69. The second-order valence-electron chi connectivity index (χ2n) is 19.1. The van der Waals surface area contributed by atoms with Gasteiger partial charge in [-0.15, -0.1) is 0 Å². The van der Waals surface area contributed by atoms with Gasteiger partial charge in [-0.25, -0.2) is 4.99 Å². The molecule has 2 fully saturated rings. The van der Waals surface area contributed by atoms with E-state index >= 15 is 0 Å². The van der Waals surface area contributed by atoms with E-state index in [-0.39, 0.29) is 17.7 Å². The van der Waals surface area contributed by atoms with Crippen LogP contribution in [0.4, 0.5) is 0 Å². The Morgan fingerprint density at radius 3 is 2.53 bits per heavy atom. The van der Waals surface area contributed by atoms with E-state index in [0.717, 1.165) is 43.4 Å². The molecule has 10 aliphatic rings. The normalized spacial score (nSPS) is 36.0. The SMILES string of the molecule is C1=CC(C2C=C(C3(C4CCCCC4)C4=CCCC=C4C4C=CCCC43)CCC2)=C(C2N=C(C3=CC4CC=c5ccccc5=C4C=C3)NC(C3CC=CCC3)N2)CC1. The molecule has 8 unspecified atom stereocenters. The summed E-state index contributed by atoms with van der Waals surface area (Å²) in [6.45, 7) is 0. The van der Waals surface area contributed by atoms with Crippen LogP contribution in [0.2, 0.25) is 0 Å². The average molecular weight is 754 g/mol. The molecule has 1 heterocycles. The zero-order valence-corrected chi connectivity index (χ0v) is 34.1. The summed E-state index contributed by atoms with van der Waals surface area (Å²) in [6, 6.07) is 8.91. The van der Waals surface area contributed by atoms with Gasteiger partial charge in [0.2, 0.25) is 0 Å². The second-order valence-corrected chi connectivity index (χ2v) is 19.1. The number of hydrogen-bond donors (Lipinski definition) is 2. The Bertz CT molecular complexity index is 2220. The first-order valence-electron chi connectivity index (χ1n) is 23.4. The third kappa shape index (κ3) is 6.28. The van der Waals surface area contributed by atoms with Crippen molar-refractivity contribution in [2.45, 2.75) is 128 Å². The molecule has 9 aliphatic carbocycles. The van der Waals surface area contributed by atoms with Gasteiger partial charge in [-0.05, 0) is 152 Å². The van der Waals surface area contributed by atoms with Crippen LogP contribution in [0, 0.1) is 40.9 Å². The van der Waals surface area contributed by atoms with Crippen molar-refractivity contribution in [3.05, 3.63) is 141 Å². The molecule has 57 heavy (non-hydrogen) atoms. The number of nitrogens with one attached hydrogen (secondary N) is 2. The minimum atomic E-state index is -0.00330. The van der Waals surface area contributed by atoms with E-state index in [4.69, 9.17) is 4.99 Å². The summed E-state index contributed by atoms with van der Waals surface area (Å²) < 4.78 is 0. The molecular weight excluding hydrogens is 691 g/mol. The molecule has 0 spiro atoms. The first kappa shape index (κ1) is 36.2. The van der Waals surface area contributed by atoms with Crippen LogP contribution in [-0.4, -0.2) is 18.2 Å². The Labute approximate surface area is 341 Å². The molecule has 1 aliphatic heterocycles. The number of fused-ring (bicyclic) bond motifs is 5. The van der Waals surface area contributed by atoms with Crippen molar-refractivity contribution in [3.63, 3.8) is 0 Å². The highest BCUT2D eigenvalue weighted by molar-refractivity contribution is 6.03. The fraction of sp³-hybridized carbons (Fsp3) is 0.500. The number of nitrogens with zero attached hydrogens (tertiary/aromatic N) is 1. The van der Waals surface area contributed by atoms with Gasteiger partial charge < -0.3 is 5.32 Å². The van der Waals surface area contributed by atoms with E-state index in [2.05, 4.69) is 114 Å². The quantitative estimate of drug-likeness (QED) is 0.284. The maximum atomic E-state index is 5.69. The number of benzene rings is 1. The van der Waals surface area contributed by atoms with Crippen molar-refractivity contribution < 1.29 is 0 Å². The van der Waals surface area contributed by atoms with Crippen LogP contribution in [-0.2, 0) is 0 Å². The lowest BCUT2D eigenvalue weighted by atomic mass is 9.54. The van der Waals surface area contributed by atoms with Crippen LogP contribution in [0.5, 0.6) is 0 Å². The fourth-order valence-electron chi connectivity index (χ4n) is 13.7. The lowest BCUT2D eigenvalue weighted by molar-refractivity contribution is 0.113. The van der Waals surface area contributed by atoms with Crippen molar-refractivity contribution in [2.24, 2.45) is 45.9 Å². The number of amidine groups is 1. The van der Waals surface area contributed by atoms with Crippen molar-refractivity contribution in [1.82, 2.24) is 10.6 Å². The van der Waals surface area contributed by atoms with Gasteiger partial charge in [0.1, 0.15) is 12.0 Å². The Balaban J connectivity index is 0.990. The van der Waals surface area contributed by atoms with E-state index in [1.807, 2.05) is 5.57 Å². The largest absolute Gasteiger partial charge is 0.354 e. The van der Waals surface area contributed by atoms with Crippen LogP contribution in [0.3, 0.4) is 0 Å². The van der Waals surface area contributed by atoms with Crippen molar-refractivity contribution >= 4 is 17.5 Å². The molecule has 1 aromatic rings. The second kappa shape index (κ2) is 15.3. The van der Waals surface area contributed by atoms with Crippen LogP contribution < -0.4 is 21.1 Å². The molecule has 2 N–H and O–H groups in total. The van der Waals surface area contributed by atoms with E-state index in [1.54, 1.807) is 22.3 Å². The smallest absolute Gasteiger partial charge is 0.131 e. The lowest BCUT2D eigenvalue weighted by Crippen LogP contribution is -2.58. The third-order valence-corrected chi connectivity index (χ3v) is 16.2. The highest BCUT2D eigenvalue weighted by Gasteiger charge is 2.59. The van der Waals surface area contributed by atoms with Gasteiger partial charge in [-0.2, -0.15) is 0 Å². The Kier molecular flexibility index (Phi) is 9.73.